The number of carbonyl (C=O) groups excluding carboxylic acids is 2. The summed E-state index contributed by atoms with van der Waals surface area (Å²) in [5, 5.41) is 5.89. The summed E-state index contributed by atoms with van der Waals surface area (Å²) in [5.41, 5.74) is -0.0163. The van der Waals surface area contributed by atoms with Gasteiger partial charge in [0.05, 0.1) is 12.5 Å². The first kappa shape index (κ1) is 17.1. The molecule has 1 aliphatic heterocycles. The molecule has 1 heterocycles. The highest BCUT2D eigenvalue weighted by Crippen LogP contribution is 2.49. The minimum absolute atomic E-state index is 0.0163. The SMILES string of the molecule is COCCNC(=O)N1CC(C(=O)NC(C)C)C2(CCCC2)C1. The number of rotatable bonds is 5. The number of nitrogens with zero attached hydrogens (tertiary/aromatic N) is 1. The number of nitrogens with one attached hydrogen (secondary N) is 2. The van der Waals surface area contributed by atoms with Crippen molar-refractivity contribution < 1.29 is 14.3 Å². The molecule has 0 aromatic heterocycles. The quantitative estimate of drug-likeness (QED) is 0.753. The van der Waals surface area contributed by atoms with Gasteiger partial charge in [-0.15, -0.1) is 0 Å². The third-order valence-corrected chi connectivity index (χ3v) is 4.86. The number of likely N-dealkylation sites (tertiary alicyclic amines) is 1. The van der Waals surface area contributed by atoms with Crippen LogP contribution in [0.25, 0.3) is 0 Å². The zero-order chi connectivity index (χ0) is 16.2. The maximum Gasteiger partial charge on any atom is 0.317 e. The molecule has 1 unspecified atom stereocenters. The van der Waals surface area contributed by atoms with Crippen LogP contribution >= 0.6 is 0 Å². The van der Waals surface area contributed by atoms with Crippen molar-refractivity contribution in [2.45, 2.75) is 45.6 Å². The molecule has 22 heavy (non-hydrogen) atoms. The van der Waals surface area contributed by atoms with Crippen molar-refractivity contribution in [3.63, 3.8) is 0 Å². The second-order valence-electron chi connectivity index (χ2n) is 6.89. The minimum atomic E-state index is -0.0804. The summed E-state index contributed by atoms with van der Waals surface area (Å²) in [5.74, 6) is 0.0228. The number of hydrogen-bond acceptors (Lipinski definition) is 3. The Morgan fingerprint density at radius 1 is 1.32 bits per heavy atom. The lowest BCUT2D eigenvalue weighted by Crippen LogP contribution is -2.43. The molecule has 1 aliphatic carbocycles. The van der Waals surface area contributed by atoms with Gasteiger partial charge < -0.3 is 20.3 Å². The van der Waals surface area contributed by atoms with Gasteiger partial charge in [-0.2, -0.15) is 0 Å². The van der Waals surface area contributed by atoms with Gasteiger partial charge in [0.2, 0.25) is 5.91 Å². The van der Waals surface area contributed by atoms with Gasteiger partial charge in [-0.05, 0) is 26.7 Å². The fourth-order valence-corrected chi connectivity index (χ4v) is 3.83. The van der Waals surface area contributed by atoms with E-state index in [1.807, 2.05) is 18.7 Å². The number of amides is 3. The third-order valence-electron chi connectivity index (χ3n) is 4.86. The number of urea groups is 1. The predicted molar refractivity (Wildman–Crippen MR) is 84.5 cm³/mol. The lowest BCUT2D eigenvalue weighted by molar-refractivity contribution is -0.128. The summed E-state index contributed by atoms with van der Waals surface area (Å²) >= 11 is 0. The molecule has 1 spiro atoms. The molecule has 6 heteroatoms. The smallest absolute Gasteiger partial charge is 0.317 e. The van der Waals surface area contributed by atoms with Crippen molar-refractivity contribution in [1.29, 1.82) is 0 Å². The monoisotopic (exact) mass is 311 g/mol. The van der Waals surface area contributed by atoms with Crippen LogP contribution < -0.4 is 10.6 Å². The van der Waals surface area contributed by atoms with E-state index < -0.39 is 0 Å². The van der Waals surface area contributed by atoms with Crippen LogP contribution in [0.5, 0.6) is 0 Å². The molecule has 3 amide bonds. The van der Waals surface area contributed by atoms with Crippen LogP contribution in [0, 0.1) is 11.3 Å². The van der Waals surface area contributed by atoms with E-state index in [-0.39, 0.29) is 29.3 Å². The maximum atomic E-state index is 12.6. The molecule has 0 aromatic rings. The molecule has 0 bridgehead atoms. The number of methoxy groups -OCH3 is 1. The van der Waals surface area contributed by atoms with Crippen LogP contribution in [0.4, 0.5) is 4.79 Å². The van der Waals surface area contributed by atoms with Crippen molar-refractivity contribution in [3.8, 4) is 0 Å². The first-order valence-electron chi connectivity index (χ1n) is 8.30. The van der Waals surface area contributed by atoms with Gasteiger partial charge in [0.1, 0.15) is 0 Å². The van der Waals surface area contributed by atoms with E-state index in [1.54, 1.807) is 7.11 Å². The Balaban J connectivity index is 2.02. The average molecular weight is 311 g/mol. The molecule has 126 valence electrons. The summed E-state index contributed by atoms with van der Waals surface area (Å²) in [6.07, 6.45) is 4.41. The van der Waals surface area contributed by atoms with Gasteiger partial charge in [-0.3, -0.25) is 4.79 Å². The van der Waals surface area contributed by atoms with Crippen LogP contribution in [-0.4, -0.2) is 56.2 Å². The van der Waals surface area contributed by atoms with Gasteiger partial charge in [0, 0.05) is 38.2 Å². The Bertz CT molecular complexity index is 405. The van der Waals surface area contributed by atoms with E-state index in [4.69, 9.17) is 4.74 Å². The summed E-state index contributed by atoms with van der Waals surface area (Å²) in [6, 6.07) is 0.0544. The highest BCUT2D eigenvalue weighted by Gasteiger charge is 2.52. The highest BCUT2D eigenvalue weighted by molar-refractivity contribution is 5.83. The molecule has 2 aliphatic rings. The zero-order valence-corrected chi connectivity index (χ0v) is 14.0. The largest absolute Gasteiger partial charge is 0.383 e. The Kier molecular flexibility index (Phi) is 5.67. The van der Waals surface area contributed by atoms with Crippen molar-refractivity contribution >= 4 is 11.9 Å². The normalized spacial score (nSPS) is 23.3. The van der Waals surface area contributed by atoms with Gasteiger partial charge in [-0.25, -0.2) is 4.79 Å². The van der Waals surface area contributed by atoms with E-state index in [0.717, 1.165) is 25.7 Å². The van der Waals surface area contributed by atoms with Crippen molar-refractivity contribution in [3.05, 3.63) is 0 Å². The molecular weight excluding hydrogens is 282 g/mol. The van der Waals surface area contributed by atoms with Crippen LogP contribution in [0.3, 0.4) is 0 Å². The molecule has 1 saturated heterocycles. The molecule has 0 radical (unpaired) electrons. The molecule has 2 rings (SSSR count). The highest BCUT2D eigenvalue weighted by atomic mass is 16.5. The van der Waals surface area contributed by atoms with Crippen molar-refractivity contribution in [2.24, 2.45) is 11.3 Å². The Hall–Kier alpha value is -1.30. The Labute approximate surface area is 132 Å². The zero-order valence-electron chi connectivity index (χ0n) is 14.0. The van der Waals surface area contributed by atoms with Crippen molar-refractivity contribution in [2.75, 3.05) is 33.4 Å². The molecule has 1 atom stereocenters. The Morgan fingerprint density at radius 3 is 2.59 bits per heavy atom. The third kappa shape index (κ3) is 3.72. The van der Waals surface area contributed by atoms with Gasteiger partial charge in [0.15, 0.2) is 0 Å². The number of hydrogen-bond donors (Lipinski definition) is 2. The van der Waals surface area contributed by atoms with E-state index in [0.29, 0.717) is 26.2 Å². The first-order valence-corrected chi connectivity index (χ1v) is 8.30. The number of ether oxygens (including phenoxy) is 1. The summed E-state index contributed by atoms with van der Waals surface area (Å²) in [4.78, 5) is 26.6. The van der Waals surface area contributed by atoms with Gasteiger partial charge in [0.25, 0.3) is 0 Å². The van der Waals surface area contributed by atoms with Crippen molar-refractivity contribution in [1.82, 2.24) is 15.5 Å². The van der Waals surface area contributed by atoms with E-state index in [1.165, 1.54) is 0 Å². The Morgan fingerprint density at radius 2 is 2.00 bits per heavy atom. The second-order valence-corrected chi connectivity index (χ2v) is 6.89. The topological polar surface area (TPSA) is 70.7 Å². The van der Waals surface area contributed by atoms with E-state index in [2.05, 4.69) is 10.6 Å². The molecular formula is C16H29N3O3. The second kappa shape index (κ2) is 7.31. The summed E-state index contributed by atoms with van der Waals surface area (Å²) in [6.45, 7) is 6.18. The van der Waals surface area contributed by atoms with E-state index in [9.17, 15) is 9.59 Å². The van der Waals surface area contributed by atoms with Crippen LogP contribution in [0.15, 0.2) is 0 Å². The lowest BCUT2D eigenvalue weighted by Gasteiger charge is -2.29. The predicted octanol–water partition coefficient (Wildman–Crippen LogP) is 1.36. The fraction of sp³-hybridized carbons (Fsp3) is 0.875. The first-order chi connectivity index (χ1) is 10.5. The summed E-state index contributed by atoms with van der Waals surface area (Å²) in [7, 11) is 1.61. The van der Waals surface area contributed by atoms with Gasteiger partial charge in [-0.1, -0.05) is 12.8 Å². The lowest BCUT2D eigenvalue weighted by atomic mass is 9.76. The molecule has 2 N–H and O–H groups in total. The average Bonchev–Trinajstić information content (AvgIpc) is 3.07. The van der Waals surface area contributed by atoms with Crippen LogP contribution in [0.1, 0.15) is 39.5 Å². The molecule has 6 nitrogen and oxygen atoms in total. The molecule has 0 aromatic carbocycles. The van der Waals surface area contributed by atoms with E-state index >= 15 is 0 Å². The minimum Gasteiger partial charge on any atom is -0.383 e. The molecule has 2 fully saturated rings. The maximum absolute atomic E-state index is 12.6. The summed E-state index contributed by atoms with van der Waals surface area (Å²) < 4.78 is 4.95. The molecule has 1 saturated carbocycles. The van der Waals surface area contributed by atoms with Crippen LogP contribution in [0.2, 0.25) is 0 Å². The standard InChI is InChI=1S/C16H29N3O3/c1-12(2)18-14(20)13-10-19(15(21)17-8-9-22-3)11-16(13)6-4-5-7-16/h12-13H,4-11H2,1-3H3,(H,17,21)(H,18,20). The fourth-order valence-electron chi connectivity index (χ4n) is 3.83. The van der Waals surface area contributed by atoms with Crippen LogP contribution in [-0.2, 0) is 9.53 Å². The number of carbonyl (C=O) groups is 2. The van der Waals surface area contributed by atoms with Gasteiger partial charge >= 0.3 is 6.03 Å².